The van der Waals surface area contributed by atoms with Gasteiger partial charge in [0.15, 0.2) is 0 Å². The number of carboxylic acids is 1. The number of carboxylic acid groups (broad SMARTS) is 1. The van der Waals surface area contributed by atoms with Gasteiger partial charge in [0, 0.05) is 11.9 Å². The number of hydrogen-bond donors (Lipinski definition) is 2. The average Bonchev–Trinajstić information content (AvgIpc) is 2.79. The van der Waals surface area contributed by atoms with Crippen LogP contribution in [0.5, 0.6) is 0 Å². The van der Waals surface area contributed by atoms with Gasteiger partial charge in [-0.1, -0.05) is 0 Å². The van der Waals surface area contributed by atoms with Crippen molar-refractivity contribution in [1.29, 1.82) is 0 Å². The van der Waals surface area contributed by atoms with Crippen LogP contribution in [0.3, 0.4) is 0 Å². The molecule has 0 fully saturated rings. The normalized spacial score (nSPS) is 10.0. The van der Waals surface area contributed by atoms with E-state index in [2.05, 4.69) is 10.3 Å². The predicted molar refractivity (Wildman–Crippen MR) is 57.2 cm³/mol. The highest BCUT2D eigenvalue weighted by Gasteiger charge is 2.04. The number of furan rings is 1. The van der Waals surface area contributed by atoms with Crippen LogP contribution in [0.1, 0.15) is 16.2 Å². The van der Waals surface area contributed by atoms with E-state index in [1.165, 1.54) is 12.3 Å². The van der Waals surface area contributed by atoms with Crippen molar-refractivity contribution >= 4 is 11.7 Å². The number of anilines is 1. The fourth-order valence-electron chi connectivity index (χ4n) is 1.26. The van der Waals surface area contributed by atoms with Gasteiger partial charge >= 0.3 is 5.97 Å². The van der Waals surface area contributed by atoms with Gasteiger partial charge in [0.2, 0.25) is 0 Å². The Morgan fingerprint density at radius 2 is 2.38 bits per heavy atom. The van der Waals surface area contributed by atoms with Crippen molar-refractivity contribution in [2.75, 3.05) is 5.32 Å². The van der Waals surface area contributed by atoms with E-state index in [4.69, 9.17) is 9.52 Å². The Balaban J connectivity index is 2.04. The molecule has 0 saturated carbocycles. The zero-order valence-corrected chi connectivity index (χ0v) is 8.38. The predicted octanol–water partition coefficient (Wildman–Crippen LogP) is 1.98. The molecule has 0 aromatic carbocycles. The van der Waals surface area contributed by atoms with Gasteiger partial charge in [0.05, 0.1) is 12.8 Å². The van der Waals surface area contributed by atoms with Crippen LogP contribution in [0.4, 0.5) is 5.69 Å². The molecule has 2 rings (SSSR count). The summed E-state index contributed by atoms with van der Waals surface area (Å²) in [6, 6.07) is 6.82. The van der Waals surface area contributed by atoms with Crippen LogP contribution in [0, 0.1) is 0 Å². The Labute approximate surface area is 91.7 Å². The summed E-state index contributed by atoms with van der Waals surface area (Å²) in [6.07, 6.45) is 3.04. The van der Waals surface area contributed by atoms with E-state index >= 15 is 0 Å². The van der Waals surface area contributed by atoms with E-state index in [1.807, 2.05) is 6.07 Å². The van der Waals surface area contributed by atoms with Crippen LogP contribution >= 0.6 is 0 Å². The van der Waals surface area contributed by atoms with E-state index in [-0.39, 0.29) is 5.69 Å². The highest BCUT2D eigenvalue weighted by atomic mass is 16.4. The SMILES string of the molecule is O=C(O)c1cc(NCc2ccco2)ccn1. The number of aromatic carboxylic acids is 1. The van der Waals surface area contributed by atoms with Crippen LogP contribution in [0.15, 0.2) is 41.1 Å². The number of nitrogens with zero attached hydrogens (tertiary/aromatic N) is 1. The first kappa shape index (κ1) is 10.2. The van der Waals surface area contributed by atoms with Gasteiger partial charge in [-0.25, -0.2) is 9.78 Å². The Morgan fingerprint density at radius 3 is 3.06 bits per heavy atom. The first-order valence-corrected chi connectivity index (χ1v) is 4.71. The van der Waals surface area contributed by atoms with Gasteiger partial charge in [-0.05, 0) is 24.3 Å². The quantitative estimate of drug-likeness (QED) is 0.820. The Hall–Kier alpha value is -2.30. The smallest absolute Gasteiger partial charge is 0.354 e. The standard InChI is InChI=1S/C11H10N2O3/c14-11(15)10-6-8(3-4-12-10)13-7-9-2-1-5-16-9/h1-6H,7H2,(H,12,13)(H,14,15). The minimum atomic E-state index is -1.04. The van der Waals surface area contributed by atoms with Crippen molar-refractivity contribution in [3.8, 4) is 0 Å². The Bertz CT molecular complexity index is 480. The Morgan fingerprint density at radius 1 is 1.50 bits per heavy atom. The lowest BCUT2D eigenvalue weighted by atomic mass is 10.3. The molecular weight excluding hydrogens is 208 g/mol. The number of rotatable bonds is 4. The van der Waals surface area contributed by atoms with Gasteiger partial charge in [0.1, 0.15) is 11.5 Å². The van der Waals surface area contributed by atoms with Crippen molar-refractivity contribution < 1.29 is 14.3 Å². The molecule has 0 radical (unpaired) electrons. The molecule has 5 heteroatoms. The van der Waals surface area contributed by atoms with Crippen molar-refractivity contribution in [1.82, 2.24) is 4.98 Å². The molecule has 2 aromatic rings. The monoisotopic (exact) mass is 218 g/mol. The van der Waals surface area contributed by atoms with Gasteiger partial charge in [0.25, 0.3) is 0 Å². The molecule has 82 valence electrons. The molecule has 0 amide bonds. The van der Waals surface area contributed by atoms with E-state index in [0.29, 0.717) is 12.2 Å². The maximum Gasteiger partial charge on any atom is 0.354 e. The molecule has 0 unspecified atom stereocenters. The molecule has 0 aliphatic rings. The summed E-state index contributed by atoms with van der Waals surface area (Å²) in [5.41, 5.74) is 0.716. The molecule has 0 saturated heterocycles. The molecule has 0 aliphatic carbocycles. The largest absolute Gasteiger partial charge is 0.477 e. The summed E-state index contributed by atoms with van der Waals surface area (Å²) in [4.78, 5) is 14.4. The molecule has 0 bridgehead atoms. The third-order valence-corrected chi connectivity index (χ3v) is 2.03. The second-order valence-corrected chi connectivity index (χ2v) is 3.17. The first-order valence-electron chi connectivity index (χ1n) is 4.71. The fraction of sp³-hybridized carbons (Fsp3) is 0.0909. The van der Waals surface area contributed by atoms with E-state index < -0.39 is 5.97 Å². The molecule has 0 spiro atoms. The first-order chi connectivity index (χ1) is 7.75. The van der Waals surface area contributed by atoms with Gasteiger partial charge in [-0.15, -0.1) is 0 Å². The zero-order valence-electron chi connectivity index (χ0n) is 8.38. The molecular formula is C11H10N2O3. The van der Waals surface area contributed by atoms with E-state index in [0.717, 1.165) is 5.76 Å². The van der Waals surface area contributed by atoms with Crippen molar-refractivity contribution in [3.63, 3.8) is 0 Å². The third kappa shape index (κ3) is 2.38. The summed E-state index contributed by atoms with van der Waals surface area (Å²) in [5.74, 6) is -0.254. The lowest BCUT2D eigenvalue weighted by Crippen LogP contribution is -2.03. The van der Waals surface area contributed by atoms with Crippen LogP contribution in [-0.2, 0) is 6.54 Å². The fourth-order valence-corrected chi connectivity index (χ4v) is 1.26. The van der Waals surface area contributed by atoms with Crippen LogP contribution in [0.2, 0.25) is 0 Å². The van der Waals surface area contributed by atoms with Gasteiger partial charge in [-0.3, -0.25) is 0 Å². The highest BCUT2D eigenvalue weighted by molar-refractivity contribution is 5.86. The van der Waals surface area contributed by atoms with Crippen molar-refractivity contribution in [2.24, 2.45) is 0 Å². The van der Waals surface area contributed by atoms with E-state index in [1.54, 1.807) is 18.4 Å². The second-order valence-electron chi connectivity index (χ2n) is 3.17. The van der Waals surface area contributed by atoms with Crippen LogP contribution in [-0.4, -0.2) is 16.1 Å². The molecule has 0 atom stereocenters. The van der Waals surface area contributed by atoms with Crippen molar-refractivity contribution in [3.05, 3.63) is 48.2 Å². The van der Waals surface area contributed by atoms with Gasteiger partial charge in [-0.2, -0.15) is 0 Å². The average molecular weight is 218 g/mol. The summed E-state index contributed by atoms with van der Waals surface area (Å²) in [6.45, 7) is 0.510. The molecule has 0 aliphatic heterocycles. The lowest BCUT2D eigenvalue weighted by Gasteiger charge is -2.04. The van der Waals surface area contributed by atoms with Crippen molar-refractivity contribution in [2.45, 2.75) is 6.54 Å². The molecule has 5 nitrogen and oxygen atoms in total. The minimum absolute atomic E-state index is 0.0180. The molecule has 2 N–H and O–H groups in total. The molecule has 16 heavy (non-hydrogen) atoms. The minimum Gasteiger partial charge on any atom is -0.477 e. The lowest BCUT2D eigenvalue weighted by molar-refractivity contribution is 0.0690. The second kappa shape index (κ2) is 4.48. The number of nitrogens with one attached hydrogen (secondary N) is 1. The maximum atomic E-state index is 10.7. The number of hydrogen-bond acceptors (Lipinski definition) is 4. The highest BCUT2D eigenvalue weighted by Crippen LogP contribution is 2.10. The number of carbonyl (C=O) groups is 1. The third-order valence-electron chi connectivity index (χ3n) is 2.03. The maximum absolute atomic E-state index is 10.7. The van der Waals surface area contributed by atoms with E-state index in [9.17, 15) is 4.79 Å². The number of aromatic nitrogens is 1. The summed E-state index contributed by atoms with van der Waals surface area (Å²) < 4.78 is 5.14. The van der Waals surface area contributed by atoms with Crippen LogP contribution < -0.4 is 5.32 Å². The molecule has 2 aromatic heterocycles. The summed E-state index contributed by atoms with van der Waals surface area (Å²) in [7, 11) is 0. The summed E-state index contributed by atoms with van der Waals surface area (Å²) >= 11 is 0. The van der Waals surface area contributed by atoms with Gasteiger partial charge < -0.3 is 14.8 Å². The number of pyridine rings is 1. The topological polar surface area (TPSA) is 75.4 Å². The summed E-state index contributed by atoms with van der Waals surface area (Å²) in [5, 5.41) is 11.8. The molecule has 2 heterocycles. The Kier molecular flexibility index (Phi) is 2.86. The van der Waals surface area contributed by atoms with Crippen LogP contribution in [0.25, 0.3) is 0 Å². The zero-order chi connectivity index (χ0) is 11.4.